The SMILES string of the molecule is [C-]#[N+]/N=C1\C=Cc2c3c(c4nc(C#N)c([N+]#[C-])nc4c2=C1)=CC(=NC#N)C=C3. The van der Waals surface area contributed by atoms with E-state index in [9.17, 15) is 5.26 Å². The number of allylic oxidation sites excluding steroid dienone is 2. The average Bonchev–Trinajstić information content (AvgIpc) is 2.73. The summed E-state index contributed by atoms with van der Waals surface area (Å²) < 4.78 is 0. The zero-order valence-corrected chi connectivity index (χ0v) is 14.0. The van der Waals surface area contributed by atoms with Crippen molar-refractivity contribution in [2.24, 2.45) is 10.1 Å². The number of aromatic nitrogens is 2. The van der Waals surface area contributed by atoms with Gasteiger partial charge >= 0.3 is 5.82 Å². The van der Waals surface area contributed by atoms with Gasteiger partial charge in [-0.2, -0.15) is 22.1 Å². The second kappa shape index (κ2) is 6.42. The van der Waals surface area contributed by atoms with Crippen LogP contribution in [0.4, 0.5) is 5.82 Å². The molecule has 8 heteroatoms. The minimum Gasteiger partial charge on any atom is -0.358 e. The van der Waals surface area contributed by atoms with Crippen LogP contribution >= 0.6 is 0 Å². The van der Waals surface area contributed by atoms with Crippen LogP contribution in [0.1, 0.15) is 16.8 Å². The second-order valence-corrected chi connectivity index (χ2v) is 5.69. The molecule has 0 bridgehead atoms. The maximum absolute atomic E-state index is 9.34. The Balaban J connectivity index is 2.28. The van der Waals surface area contributed by atoms with Crippen molar-refractivity contribution in [2.45, 2.75) is 0 Å². The molecule has 0 spiro atoms. The van der Waals surface area contributed by atoms with Crippen LogP contribution in [0.3, 0.4) is 0 Å². The molecule has 0 saturated heterocycles. The van der Waals surface area contributed by atoms with Crippen molar-refractivity contribution in [3.8, 4) is 12.3 Å². The van der Waals surface area contributed by atoms with Gasteiger partial charge in [0.25, 0.3) is 0 Å². The van der Waals surface area contributed by atoms with Crippen molar-refractivity contribution in [2.75, 3.05) is 0 Å². The van der Waals surface area contributed by atoms with E-state index in [-0.39, 0.29) is 11.5 Å². The van der Waals surface area contributed by atoms with Gasteiger partial charge in [-0.15, -0.1) is 9.94 Å². The summed E-state index contributed by atoms with van der Waals surface area (Å²) in [4.78, 5) is 18.8. The summed E-state index contributed by atoms with van der Waals surface area (Å²) in [6.07, 6.45) is 12.2. The molecule has 126 valence electrons. The largest absolute Gasteiger partial charge is 0.358 e. The van der Waals surface area contributed by atoms with Crippen molar-refractivity contribution in [3.05, 3.63) is 62.4 Å². The number of hydrogen-bond acceptors (Lipinski definition) is 6. The summed E-state index contributed by atoms with van der Waals surface area (Å²) in [7, 11) is 0. The summed E-state index contributed by atoms with van der Waals surface area (Å²) in [6, 6.07) is 1.90. The Labute approximate surface area is 158 Å². The van der Waals surface area contributed by atoms with Gasteiger partial charge in [0.15, 0.2) is 11.2 Å². The van der Waals surface area contributed by atoms with Gasteiger partial charge in [0.2, 0.25) is 6.19 Å². The third kappa shape index (κ3) is 2.44. The summed E-state index contributed by atoms with van der Waals surface area (Å²) in [5, 5.41) is 23.3. The molecule has 0 aliphatic heterocycles. The predicted molar refractivity (Wildman–Crippen MR) is 104 cm³/mol. The lowest BCUT2D eigenvalue weighted by molar-refractivity contribution is 1.24. The number of fused-ring (bicyclic) bond motifs is 6. The van der Waals surface area contributed by atoms with Gasteiger partial charge in [-0.1, -0.05) is 18.7 Å². The third-order valence-electron chi connectivity index (χ3n) is 4.24. The van der Waals surface area contributed by atoms with Gasteiger partial charge < -0.3 is 4.85 Å². The van der Waals surface area contributed by atoms with E-state index in [0.717, 1.165) is 11.1 Å². The molecule has 1 heterocycles. The van der Waals surface area contributed by atoms with Gasteiger partial charge in [0, 0.05) is 10.4 Å². The number of benzene rings is 1. The highest BCUT2D eigenvalue weighted by Gasteiger charge is 2.21. The quantitative estimate of drug-likeness (QED) is 0.407. The number of nitriles is 2. The van der Waals surface area contributed by atoms with Gasteiger partial charge in [0.1, 0.15) is 17.3 Å². The number of aliphatic imine (C=N–C) groups is 1. The molecule has 0 fully saturated rings. The average molecular weight is 358 g/mol. The van der Waals surface area contributed by atoms with Gasteiger partial charge in [-0.3, -0.25) is 0 Å². The first-order valence-corrected chi connectivity index (χ1v) is 7.86. The van der Waals surface area contributed by atoms with Crippen molar-refractivity contribution < 1.29 is 0 Å². The molecule has 1 aromatic heterocycles. The molecule has 0 radical (unpaired) electrons. The summed E-state index contributed by atoms with van der Waals surface area (Å²) in [5.41, 5.74) is 3.31. The minimum atomic E-state index is -0.0963. The summed E-state index contributed by atoms with van der Waals surface area (Å²) in [5.74, 6) is -0.0963. The molecular weight excluding hydrogens is 352 g/mol. The molecule has 0 unspecified atom stereocenters. The third-order valence-corrected chi connectivity index (χ3v) is 4.24. The van der Waals surface area contributed by atoms with Crippen molar-refractivity contribution in [1.29, 1.82) is 10.5 Å². The Bertz CT molecular complexity index is 1380. The standard InChI is InChI=1S/C20H6N8/c1-23-20-17(9-21)26-18-15-7-11(25-10-22)3-5-13(15)14-6-4-12(28-24-2)8-16(14)19(18)27-20/h3-8H/b25-11?,28-12+. The lowest BCUT2D eigenvalue weighted by Crippen LogP contribution is -2.27. The highest BCUT2D eigenvalue weighted by atomic mass is 15.2. The van der Waals surface area contributed by atoms with Gasteiger partial charge in [-0.25, -0.2) is 4.98 Å². The fourth-order valence-corrected chi connectivity index (χ4v) is 3.13. The lowest BCUT2D eigenvalue weighted by atomic mass is 9.92. The first kappa shape index (κ1) is 16.5. The predicted octanol–water partition coefficient (Wildman–Crippen LogP) is 1.86. The van der Waals surface area contributed by atoms with Crippen molar-refractivity contribution >= 4 is 52.6 Å². The fraction of sp³-hybridized carbons (Fsp3) is 0. The fourth-order valence-electron chi connectivity index (χ4n) is 3.13. The van der Waals surface area contributed by atoms with Crippen LogP contribution in [0.25, 0.3) is 45.1 Å². The zero-order valence-electron chi connectivity index (χ0n) is 14.0. The van der Waals surface area contributed by atoms with E-state index in [2.05, 4.69) is 29.9 Å². The Morgan fingerprint density at radius 1 is 0.893 bits per heavy atom. The van der Waals surface area contributed by atoms with E-state index >= 15 is 0 Å². The van der Waals surface area contributed by atoms with E-state index in [4.69, 9.17) is 18.4 Å². The van der Waals surface area contributed by atoms with Gasteiger partial charge in [0.05, 0.1) is 10.8 Å². The van der Waals surface area contributed by atoms with E-state index in [1.165, 1.54) is 0 Å². The van der Waals surface area contributed by atoms with E-state index < -0.39 is 0 Å². The second-order valence-electron chi connectivity index (χ2n) is 5.69. The van der Waals surface area contributed by atoms with Crippen molar-refractivity contribution in [1.82, 2.24) is 9.97 Å². The zero-order chi connectivity index (χ0) is 19.7. The smallest absolute Gasteiger partial charge is 0.307 e. The molecule has 2 aliphatic carbocycles. The molecule has 2 aliphatic rings. The molecule has 0 N–H and O–H groups in total. The van der Waals surface area contributed by atoms with Crippen LogP contribution in [0.15, 0.2) is 22.2 Å². The molecule has 28 heavy (non-hydrogen) atoms. The Hall–Kier alpha value is -4.92. The number of nitrogens with zero attached hydrogens (tertiary/aromatic N) is 8. The van der Waals surface area contributed by atoms with Gasteiger partial charge in [-0.05, 0) is 35.4 Å². The lowest BCUT2D eigenvalue weighted by Gasteiger charge is -2.13. The maximum atomic E-state index is 9.34. The van der Waals surface area contributed by atoms with Crippen molar-refractivity contribution in [3.63, 3.8) is 0 Å². The molecule has 0 saturated carbocycles. The number of hydrogen-bond donors (Lipinski definition) is 0. The van der Waals surface area contributed by atoms with Crippen LogP contribution < -0.4 is 10.4 Å². The first-order chi connectivity index (χ1) is 13.7. The highest BCUT2D eigenvalue weighted by molar-refractivity contribution is 6.24. The Morgan fingerprint density at radius 3 is 2.14 bits per heavy atom. The van der Waals surface area contributed by atoms with E-state index in [0.29, 0.717) is 32.9 Å². The normalized spacial score (nSPS) is 16.1. The molecule has 4 rings (SSSR count). The Kier molecular flexibility index (Phi) is 3.80. The van der Waals surface area contributed by atoms with Crippen LogP contribution in [-0.4, -0.2) is 21.4 Å². The monoisotopic (exact) mass is 358 g/mol. The molecule has 2 aromatic rings. The highest BCUT2D eigenvalue weighted by Crippen LogP contribution is 2.20. The molecule has 1 aromatic carbocycles. The molecule has 0 atom stereocenters. The van der Waals surface area contributed by atoms with E-state index in [1.54, 1.807) is 30.5 Å². The maximum Gasteiger partial charge on any atom is 0.307 e. The molecule has 0 amide bonds. The van der Waals surface area contributed by atoms with Crippen LogP contribution in [-0.2, 0) is 0 Å². The van der Waals surface area contributed by atoms with Crippen LogP contribution in [0.5, 0.6) is 0 Å². The van der Waals surface area contributed by atoms with Crippen LogP contribution in [0, 0.1) is 35.9 Å². The number of rotatable bonds is 0. The molecular formula is C20H6N8. The molecule has 8 nitrogen and oxygen atoms in total. The summed E-state index contributed by atoms with van der Waals surface area (Å²) in [6.45, 7) is 14.2. The topological polar surface area (TPSA) is 107 Å². The first-order valence-electron chi connectivity index (χ1n) is 7.86. The Morgan fingerprint density at radius 2 is 1.54 bits per heavy atom. The minimum absolute atomic E-state index is 0.0761. The van der Waals surface area contributed by atoms with E-state index in [1.807, 2.05) is 18.2 Å². The van der Waals surface area contributed by atoms with Crippen LogP contribution in [0.2, 0.25) is 0 Å². The summed E-state index contributed by atoms with van der Waals surface area (Å²) >= 11 is 0.